The van der Waals surface area contributed by atoms with Gasteiger partial charge in [0.05, 0.1) is 29.9 Å². The van der Waals surface area contributed by atoms with Gasteiger partial charge in [-0.25, -0.2) is 9.78 Å². The Hall–Kier alpha value is -1.86. The molecule has 0 saturated carbocycles. The molecule has 118 valence electrons. The van der Waals surface area contributed by atoms with Crippen LogP contribution in [0, 0.1) is 0 Å². The normalized spacial score (nSPS) is 20.1. The molecule has 0 aliphatic carbocycles. The summed E-state index contributed by atoms with van der Waals surface area (Å²) < 4.78 is 4.65. The van der Waals surface area contributed by atoms with Crippen molar-refractivity contribution in [3.8, 4) is 0 Å². The molecule has 1 aromatic heterocycles. The minimum absolute atomic E-state index is 0.0144. The predicted molar refractivity (Wildman–Crippen MR) is 81.2 cm³/mol. The molecule has 1 atom stereocenters. The van der Waals surface area contributed by atoms with Gasteiger partial charge in [0.2, 0.25) is 5.91 Å². The number of hydrogen-bond acceptors (Lipinski definition) is 6. The molecule has 1 aliphatic heterocycles. The summed E-state index contributed by atoms with van der Waals surface area (Å²) in [5, 5.41) is 6.48. The Balaban J connectivity index is 2.55. The number of carbonyl (C=O) groups excluding carboxylic acids is 2. The molecule has 1 N–H and O–H groups in total. The maximum absolute atomic E-state index is 11.8. The van der Waals surface area contributed by atoms with E-state index in [-0.39, 0.29) is 33.9 Å². The van der Waals surface area contributed by atoms with Crippen molar-refractivity contribution in [3.05, 3.63) is 22.5 Å². The molecule has 0 aromatic carbocycles. The van der Waals surface area contributed by atoms with E-state index in [1.54, 1.807) is 6.92 Å². The topological polar surface area (TPSA) is 89.9 Å². The molecule has 1 amide bonds. The third-order valence-electron chi connectivity index (χ3n) is 3.02. The van der Waals surface area contributed by atoms with Crippen molar-refractivity contribution in [2.45, 2.75) is 25.9 Å². The molecule has 0 radical (unpaired) electrons. The van der Waals surface area contributed by atoms with Crippen molar-refractivity contribution in [2.24, 2.45) is 5.16 Å². The Morgan fingerprint density at radius 1 is 1.45 bits per heavy atom. The van der Waals surface area contributed by atoms with Gasteiger partial charge in [-0.1, -0.05) is 28.4 Å². The number of rotatable bonds is 3. The van der Waals surface area contributed by atoms with E-state index in [1.807, 2.05) is 0 Å². The Morgan fingerprint density at radius 2 is 2.14 bits per heavy atom. The zero-order valence-corrected chi connectivity index (χ0v) is 13.6. The fraction of sp³-hybridized carbons (Fsp3) is 0.385. The monoisotopic (exact) mass is 345 g/mol. The Morgan fingerprint density at radius 3 is 2.64 bits per heavy atom. The standard InChI is InChI=1S/C13H13Cl2N3O4/c1-6(19)16-7-4-8(13(2)5-9(14)18-22-13)17-11(10(7)15)12(20)21-3/h4H,5H2,1-3H3,(H,16,17,19). The SMILES string of the molecule is COC(=O)c1nc(C2(C)CC(Cl)=NO2)cc(NC(C)=O)c1Cl. The van der Waals surface area contributed by atoms with Crippen LogP contribution in [0.5, 0.6) is 0 Å². The molecule has 1 unspecified atom stereocenters. The highest BCUT2D eigenvalue weighted by Crippen LogP contribution is 2.37. The van der Waals surface area contributed by atoms with Crippen LogP contribution in [0.1, 0.15) is 36.5 Å². The van der Waals surface area contributed by atoms with Crippen LogP contribution in [-0.4, -0.2) is 29.1 Å². The van der Waals surface area contributed by atoms with Crippen molar-refractivity contribution in [3.63, 3.8) is 0 Å². The smallest absolute Gasteiger partial charge is 0.358 e. The maximum Gasteiger partial charge on any atom is 0.358 e. The summed E-state index contributed by atoms with van der Waals surface area (Å²) in [7, 11) is 1.21. The second-order valence-electron chi connectivity index (χ2n) is 4.86. The molecular formula is C13H13Cl2N3O4. The lowest BCUT2D eigenvalue weighted by Crippen LogP contribution is -2.25. The number of ether oxygens (including phenoxy) is 1. The summed E-state index contributed by atoms with van der Waals surface area (Å²) >= 11 is 11.9. The molecule has 2 rings (SSSR count). The third-order valence-corrected chi connectivity index (χ3v) is 3.60. The van der Waals surface area contributed by atoms with Crippen LogP contribution in [0.15, 0.2) is 11.2 Å². The van der Waals surface area contributed by atoms with E-state index >= 15 is 0 Å². The number of carbonyl (C=O) groups is 2. The molecule has 1 aromatic rings. The van der Waals surface area contributed by atoms with Gasteiger partial charge in [-0.2, -0.15) is 0 Å². The Labute approximate surface area is 136 Å². The van der Waals surface area contributed by atoms with Crippen molar-refractivity contribution < 1.29 is 19.2 Å². The van der Waals surface area contributed by atoms with Crippen LogP contribution in [0.3, 0.4) is 0 Å². The Kier molecular flexibility index (Phi) is 4.58. The Bertz CT molecular complexity index is 677. The fourth-order valence-electron chi connectivity index (χ4n) is 1.94. The van der Waals surface area contributed by atoms with Gasteiger partial charge in [-0.3, -0.25) is 4.79 Å². The maximum atomic E-state index is 11.8. The highest BCUT2D eigenvalue weighted by Gasteiger charge is 2.38. The number of esters is 1. The van der Waals surface area contributed by atoms with Crippen LogP contribution in [-0.2, 0) is 20.0 Å². The summed E-state index contributed by atoms with van der Waals surface area (Å²) in [5.74, 6) is -1.08. The first-order chi connectivity index (χ1) is 10.3. The zero-order valence-electron chi connectivity index (χ0n) is 12.1. The van der Waals surface area contributed by atoms with E-state index < -0.39 is 11.6 Å². The number of nitrogens with one attached hydrogen (secondary N) is 1. The molecule has 1 aliphatic rings. The molecule has 7 nitrogen and oxygen atoms in total. The molecule has 2 heterocycles. The molecule has 0 bridgehead atoms. The summed E-state index contributed by atoms with van der Waals surface area (Å²) in [6.07, 6.45) is 0.281. The first kappa shape index (κ1) is 16.5. The van der Waals surface area contributed by atoms with E-state index in [0.717, 1.165) is 0 Å². The molecule has 0 saturated heterocycles. The van der Waals surface area contributed by atoms with Crippen molar-refractivity contribution in [1.82, 2.24) is 4.98 Å². The second-order valence-corrected chi connectivity index (χ2v) is 5.67. The van der Waals surface area contributed by atoms with Gasteiger partial charge in [-0.15, -0.1) is 0 Å². The number of anilines is 1. The van der Waals surface area contributed by atoms with E-state index in [2.05, 4.69) is 20.2 Å². The minimum atomic E-state index is -0.961. The number of nitrogens with zero attached hydrogens (tertiary/aromatic N) is 2. The number of halogens is 2. The first-order valence-electron chi connectivity index (χ1n) is 6.24. The van der Waals surface area contributed by atoms with Crippen LogP contribution in [0.2, 0.25) is 5.02 Å². The third kappa shape index (κ3) is 3.15. The number of oxime groups is 1. The summed E-state index contributed by atoms with van der Waals surface area (Å²) in [5.41, 5.74) is -0.511. The molecule has 0 spiro atoms. The van der Waals surface area contributed by atoms with Gasteiger partial charge in [0.1, 0.15) is 5.17 Å². The number of hydrogen-bond donors (Lipinski definition) is 1. The largest absolute Gasteiger partial charge is 0.464 e. The average molecular weight is 346 g/mol. The summed E-state index contributed by atoms with van der Waals surface area (Å²) in [6, 6.07) is 1.52. The van der Waals surface area contributed by atoms with E-state index in [0.29, 0.717) is 5.69 Å². The quantitative estimate of drug-likeness (QED) is 0.850. The fourth-order valence-corrected chi connectivity index (χ4v) is 2.45. The molecule has 22 heavy (non-hydrogen) atoms. The molecule has 9 heteroatoms. The van der Waals surface area contributed by atoms with Gasteiger partial charge < -0.3 is 14.9 Å². The summed E-state index contributed by atoms with van der Waals surface area (Å²) in [4.78, 5) is 32.6. The van der Waals surface area contributed by atoms with Crippen LogP contribution >= 0.6 is 23.2 Å². The van der Waals surface area contributed by atoms with Gasteiger partial charge in [0, 0.05) is 6.92 Å². The average Bonchev–Trinajstić information content (AvgIpc) is 2.80. The number of methoxy groups -OCH3 is 1. The predicted octanol–water partition coefficient (Wildman–Crippen LogP) is 2.67. The van der Waals surface area contributed by atoms with Gasteiger partial charge in [-0.05, 0) is 13.0 Å². The van der Waals surface area contributed by atoms with Gasteiger partial charge in [0.25, 0.3) is 0 Å². The molecule has 0 fully saturated rings. The van der Waals surface area contributed by atoms with Crippen LogP contribution in [0.25, 0.3) is 0 Å². The highest BCUT2D eigenvalue weighted by atomic mass is 35.5. The van der Waals surface area contributed by atoms with E-state index in [1.165, 1.54) is 20.1 Å². The van der Waals surface area contributed by atoms with Crippen LogP contribution in [0.4, 0.5) is 5.69 Å². The van der Waals surface area contributed by atoms with Gasteiger partial charge >= 0.3 is 5.97 Å². The lowest BCUT2D eigenvalue weighted by molar-refractivity contribution is -0.114. The van der Waals surface area contributed by atoms with Crippen molar-refractivity contribution in [2.75, 3.05) is 12.4 Å². The second kappa shape index (κ2) is 6.10. The number of amides is 1. The lowest BCUT2D eigenvalue weighted by atomic mass is 9.97. The first-order valence-corrected chi connectivity index (χ1v) is 7.00. The van der Waals surface area contributed by atoms with Crippen LogP contribution < -0.4 is 5.32 Å². The van der Waals surface area contributed by atoms with Crippen molar-refractivity contribution in [1.29, 1.82) is 0 Å². The minimum Gasteiger partial charge on any atom is -0.464 e. The number of aromatic nitrogens is 1. The zero-order chi connectivity index (χ0) is 16.5. The molecular weight excluding hydrogens is 333 g/mol. The number of pyridine rings is 1. The summed E-state index contributed by atoms with van der Waals surface area (Å²) in [6.45, 7) is 3.03. The lowest BCUT2D eigenvalue weighted by Gasteiger charge is -2.22. The van der Waals surface area contributed by atoms with Gasteiger partial charge in [0.15, 0.2) is 11.3 Å². The van der Waals surface area contributed by atoms with E-state index in [9.17, 15) is 9.59 Å². The van der Waals surface area contributed by atoms with E-state index in [4.69, 9.17) is 28.0 Å². The van der Waals surface area contributed by atoms with Crippen molar-refractivity contribution >= 4 is 45.9 Å². The highest BCUT2D eigenvalue weighted by molar-refractivity contribution is 6.65.